The van der Waals surface area contributed by atoms with E-state index in [-0.39, 0.29) is 5.78 Å². The van der Waals surface area contributed by atoms with Crippen molar-refractivity contribution in [2.45, 2.75) is 26.2 Å². The lowest BCUT2D eigenvalue weighted by molar-refractivity contribution is 0.101. The number of anilines is 1. The zero-order valence-corrected chi connectivity index (χ0v) is 11.4. The molecule has 0 atom stereocenters. The number of carbonyl (C=O) groups is 1. The molecule has 0 radical (unpaired) electrons. The molecular weight excluding hydrogens is 282 g/mol. The van der Waals surface area contributed by atoms with Crippen molar-refractivity contribution in [3.63, 3.8) is 0 Å². The molecular formula is C13H16BrNO2. The number of carbonyl (C=O) groups excluding carboxylic acids is 1. The average Bonchev–Trinajstić information content (AvgIpc) is 2.17. The second kappa shape index (κ2) is 5.08. The quantitative estimate of drug-likeness (QED) is 0.684. The summed E-state index contributed by atoms with van der Waals surface area (Å²) in [6, 6.07) is 3.53. The zero-order valence-electron chi connectivity index (χ0n) is 9.83. The maximum Gasteiger partial charge on any atom is 0.163 e. The van der Waals surface area contributed by atoms with E-state index in [0.717, 1.165) is 4.47 Å². The summed E-state index contributed by atoms with van der Waals surface area (Å²) >= 11 is 3.33. The number of hydrogen-bond donors (Lipinski definition) is 1. The standard InChI is InChI=1S/C13H16BrNO2/c1-8(16)11-5-10(14)6-12(15)13(11)17-7-9-3-2-4-9/h5-6,9H,2-4,7,15H2,1H3. The molecule has 1 aromatic rings. The number of ether oxygens (including phenoxy) is 1. The van der Waals surface area contributed by atoms with E-state index in [1.54, 1.807) is 12.1 Å². The van der Waals surface area contributed by atoms with Crippen LogP contribution >= 0.6 is 15.9 Å². The van der Waals surface area contributed by atoms with Crippen molar-refractivity contribution in [3.8, 4) is 5.75 Å². The first-order valence-corrected chi connectivity index (χ1v) is 6.60. The van der Waals surface area contributed by atoms with Gasteiger partial charge in [0.05, 0.1) is 17.9 Å². The molecule has 0 aliphatic heterocycles. The Hall–Kier alpha value is -1.03. The first-order valence-electron chi connectivity index (χ1n) is 5.80. The number of nitrogens with two attached hydrogens (primary N) is 1. The molecule has 2 N–H and O–H groups in total. The van der Waals surface area contributed by atoms with Crippen LogP contribution in [0.1, 0.15) is 36.5 Å². The Bertz CT molecular complexity index is 441. The second-order valence-electron chi connectivity index (χ2n) is 4.54. The van der Waals surface area contributed by atoms with Gasteiger partial charge in [-0.15, -0.1) is 0 Å². The van der Waals surface area contributed by atoms with Crippen LogP contribution in [0.3, 0.4) is 0 Å². The maximum absolute atomic E-state index is 11.5. The molecule has 3 nitrogen and oxygen atoms in total. The summed E-state index contributed by atoms with van der Waals surface area (Å²) in [5.41, 5.74) is 6.97. The van der Waals surface area contributed by atoms with E-state index in [9.17, 15) is 4.79 Å². The van der Waals surface area contributed by atoms with Gasteiger partial charge in [0.15, 0.2) is 11.5 Å². The topological polar surface area (TPSA) is 52.3 Å². The van der Waals surface area contributed by atoms with Gasteiger partial charge in [-0.3, -0.25) is 4.79 Å². The molecule has 17 heavy (non-hydrogen) atoms. The minimum atomic E-state index is -0.0263. The summed E-state index contributed by atoms with van der Waals surface area (Å²) in [5, 5.41) is 0. The summed E-state index contributed by atoms with van der Waals surface area (Å²) in [5.74, 6) is 1.13. The van der Waals surface area contributed by atoms with Crippen LogP contribution in [0.25, 0.3) is 0 Å². The monoisotopic (exact) mass is 297 g/mol. The fourth-order valence-electron chi connectivity index (χ4n) is 1.90. The smallest absolute Gasteiger partial charge is 0.163 e. The van der Waals surface area contributed by atoms with Gasteiger partial charge in [-0.2, -0.15) is 0 Å². The van der Waals surface area contributed by atoms with Crippen molar-refractivity contribution in [1.82, 2.24) is 0 Å². The van der Waals surface area contributed by atoms with Crippen LogP contribution in [-0.4, -0.2) is 12.4 Å². The Morgan fingerprint density at radius 1 is 1.53 bits per heavy atom. The van der Waals surface area contributed by atoms with Crippen LogP contribution in [-0.2, 0) is 0 Å². The predicted molar refractivity (Wildman–Crippen MR) is 71.4 cm³/mol. The van der Waals surface area contributed by atoms with Gasteiger partial charge in [0.1, 0.15) is 0 Å². The largest absolute Gasteiger partial charge is 0.490 e. The third kappa shape index (κ3) is 2.80. The molecule has 2 rings (SSSR count). The van der Waals surface area contributed by atoms with Crippen LogP contribution in [0.5, 0.6) is 5.75 Å². The highest BCUT2D eigenvalue weighted by Gasteiger charge is 2.20. The lowest BCUT2D eigenvalue weighted by Crippen LogP contribution is -2.20. The summed E-state index contributed by atoms with van der Waals surface area (Å²) in [6.07, 6.45) is 3.71. The normalized spacial score (nSPS) is 15.4. The van der Waals surface area contributed by atoms with E-state index in [4.69, 9.17) is 10.5 Å². The molecule has 0 amide bonds. The fourth-order valence-corrected chi connectivity index (χ4v) is 2.37. The first-order chi connectivity index (χ1) is 8.08. The molecule has 0 bridgehead atoms. The summed E-state index contributed by atoms with van der Waals surface area (Å²) < 4.78 is 6.52. The van der Waals surface area contributed by atoms with E-state index in [1.807, 2.05) is 0 Å². The van der Waals surface area contributed by atoms with Crippen molar-refractivity contribution >= 4 is 27.4 Å². The molecule has 0 heterocycles. The van der Waals surface area contributed by atoms with Crippen molar-refractivity contribution in [2.75, 3.05) is 12.3 Å². The average molecular weight is 298 g/mol. The van der Waals surface area contributed by atoms with E-state index in [0.29, 0.717) is 29.5 Å². The van der Waals surface area contributed by atoms with Crippen molar-refractivity contribution < 1.29 is 9.53 Å². The van der Waals surface area contributed by atoms with Crippen LogP contribution in [0, 0.1) is 5.92 Å². The first kappa shape index (κ1) is 12.4. The lowest BCUT2D eigenvalue weighted by atomic mass is 9.86. The van der Waals surface area contributed by atoms with Crippen molar-refractivity contribution in [2.24, 2.45) is 5.92 Å². The van der Waals surface area contributed by atoms with Gasteiger partial charge >= 0.3 is 0 Å². The van der Waals surface area contributed by atoms with E-state index >= 15 is 0 Å². The molecule has 4 heteroatoms. The minimum Gasteiger partial charge on any atom is -0.490 e. The molecule has 0 unspecified atom stereocenters. The molecule has 0 aromatic heterocycles. The lowest BCUT2D eigenvalue weighted by Gasteiger charge is -2.26. The zero-order chi connectivity index (χ0) is 12.4. The molecule has 92 valence electrons. The summed E-state index contributed by atoms with van der Waals surface area (Å²) in [7, 11) is 0. The number of rotatable bonds is 4. The molecule has 0 spiro atoms. The molecule has 0 saturated heterocycles. The third-order valence-electron chi connectivity index (χ3n) is 3.15. The van der Waals surface area contributed by atoms with Crippen LogP contribution in [0.15, 0.2) is 16.6 Å². The summed E-state index contributed by atoms with van der Waals surface area (Å²) in [6.45, 7) is 2.18. The number of hydrogen-bond acceptors (Lipinski definition) is 3. The Labute approximate surface area is 109 Å². The second-order valence-corrected chi connectivity index (χ2v) is 5.45. The van der Waals surface area contributed by atoms with E-state index in [1.165, 1.54) is 26.2 Å². The minimum absolute atomic E-state index is 0.0263. The number of halogens is 1. The maximum atomic E-state index is 11.5. The number of Topliss-reactive ketones (excluding diaryl/α,β-unsaturated/α-hetero) is 1. The molecule has 1 aliphatic rings. The Balaban J connectivity index is 2.20. The molecule has 1 aliphatic carbocycles. The SMILES string of the molecule is CC(=O)c1cc(Br)cc(N)c1OCC1CCC1. The number of ketones is 1. The van der Waals surface area contributed by atoms with Gasteiger partial charge in [0.2, 0.25) is 0 Å². The predicted octanol–water partition coefficient (Wildman–Crippen LogP) is 3.41. The van der Waals surface area contributed by atoms with Gasteiger partial charge in [-0.1, -0.05) is 22.4 Å². The molecule has 1 saturated carbocycles. The fraction of sp³-hybridized carbons (Fsp3) is 0.462. The summed E-state index contributed by atoms with van der Waals surface area (Å²) in [4.78, 5) is 11.5. The van der Waals surface area contributed by atoms with Crippen molar-refractivity contribution in [1.29, 1.82) is 0 Å². The third-order valence-corrected chi connectivity index (χ3v) is 3.61. The van der Waals surface area contributed by atoms with Crippen LogP contribution in [0.4, 0.5) is 5.69 Å². The Morgan fingerprint density at radius 2 is 2.24 bits per heavy atom. The number of benzene rings is 1. The van der Waals surface area contributed by atoms with Crippen molar-refractivity contribution in [3.05, 3.63) is 22.2 Å². The highest BCUT2D eigenvalue weighted by Crippen LogP contribution is 2.33. The molecule has 1 aromatic carbocycles. The molecule has 1 fully saturated rings. The van der Waals surface area contributed by atoms with Gasteiger partial charge in [0.25, 0.3) is 0 Å². The Morgan fingerprint density at radius 3 is 2.76 bits per heavy atom. The van der Waals surface area contributed by atoms with E-state index < -0.39 is 0 Å². The van der Waals surface area contributed by atoms with Crippen LogP contribution < -0.4 is 10.5 Å². The van der Waals surface area contributed by atoms with E-state index in [2.05, 4.69) is 15.9 Å². The Kier molecular flexibility index (Phi) is 3.72. The van der Waals surface area contributed by atoms with Gasteiger partial charge in [0, 0.05) is 4.47 Å². The highest BCUT2D eigenvalue weighted by atomic mass is 79.9. The van der Waals surface area contributed by atoms with Gasteiger partial charge in [-0.05, 0) is 37.8 Å². The van der Waals surface area contributed by atoms with Gasteiger partial charge < -0.3 is 10.5 Å². The highest BCUT2D eigenvalue weighted by molar-refractivity contribution is 9.10. The van der Waals surface area contributed by atoms with Crippen LogP contribution in [0.2, 0.25) is 0 Å². The number of nitrogen functional groups attached to an aromatic ring is 1. The van der Waals surface area contributed by atoms with Gasteiger partial charge in [-0.25, -0.2) is 0 Å².